The molecule has 5 heteroatoms. The van der Waals surface area contributed by atoms with Gasteiger partial charge in [0.15, 0.2) is 0 Å². The molecule has 52 valence electrons. The Morgan fingerprint density at radius 3 is 2.44 bits per heavy atom. The van der Waals surface area contributed by atoms with Crippen LogP contribution in [0.5, 0.6) is 0 Å². The van der Waals surface area contributed by atoms with Crippen LogP contribution in [0, 0.1) is 0 Å². The molecule has 0 atom stereocenters. The first-order valence-electron chi connectivity index (χ1n) is 2.37. The largest absolute Gasteiger partial charge is 0.448 e. The van der Waals surface area contributed by atoms with E-state index in [1.54, 1.807) is 0 Å². The van der Waals surface area contributed by atoms with Crippen LogP contribution in [0.1, 0.15) is 0 Å². The molecule has 0 saturated carbocycles. The van der Waals surface area contributed by atoms with Crippen molar-refractivity contribution in [2.75, 3.05) is 13.2 Å². The minimum absolute atomic E-state index is 0.250. The first-order chi connectivity index (χ1) is 4.31. The number of ether oxygens (including phenoxy) is 1. The molecule has 0 spiro atoms. The molecule has 1 heterocycles. The predicted molar refractivity (Wildman–Crippen MR) is 29.6 cm³/mol. The number of carbonyl (C=O) groups excluding carboxylic acids is 2. The highest BCUT2D eigenvalue weighted by atomic mass is 16.6. The van der Waals surface area contributed by atoms with Crippen LogP contribution in [0.3, 0.4) is 0 Å². The molecule has 5 nitrogen and oxygen atoms in total. The van der Waals surface area contributed by atoms with E-state index in [4.69, 9.17) is 4.79 Å². The zero-order valence-corrected chi connectivity index (χ0v) is 4.79. The van der Waals surface area contributed by atoms with E-state index in [2.05, 4.69) is 15.8 Å². The summed E-state index contributed by atoms with van der Waals surface area (Å²) < 4.78 is 4.40. The molecule has 1 fully saturated rings. The molecule has 0 aromatic rings. The molecule has 1 aliphatic rings. The summed E-state index contributed by atoms with van der Waals surface area (Å²) in [7, 11) is 0. The Hall–Kier alpha value is -1.26. The highest BCUT2D eigenvalue weighted by molar-refractivity contribution is 5.68. The number of alkyl carbamates (subject to hydrolysis) is 1. The van der Waals surface area contributed by atoms with Gasteiger partial charge in [-0.05, 0) is 0 Å². The van der Waals surface area contributed by atoms with Crippen molar-refractivity contribution in [2.45, 2.75) is 0 Å². The quantitative estimate of drug-likeness (QED) is 0.407. The molecule has 0 bridgehead atoms. The summed E-state index contributed by atoms with van der Waals surface area (Å²) in [6.07, 6.45) is -0.0463. The topological polar surface area (TPSA) is 81.4 Å². The lowest BCUT2D eigenvalue weighted by molar-refractivity contribution is -0.106. The van der Waals surface area contributed by atoms with Gasteiger partial charge >= 0.3 is 6.09 Å². The summed E-state index contributed by atoms with van der Waals surface area (Å²) in [6, 6.07) is 0. The number of primary amides is 1. The Balaban J connectivity index is 0.000000187. The van der Waals surface area contributed by atoms with Crippen molar-refractivity contribution in [1.29, 1.82) is 0 Å². The van der Waals surface area contributed by atoms with Gasteiger partial charge in [0.2, 0.25) is 6.41 Å². The third kappa shape index (κ3) is 4.60. The number of hydrogen-bond acceptors (Lipinski definition) is 3. The Bertz CT molecular complexity index is 96.0. The third-order valence-corrected chi connectivity index (χ3v) is 0.605. The number of cyclic esters (lactones) is 1. The highest BCUT2D eigenvalue weighted by Crippen LogP contribution is 1.82. The molecule has 2 amide bonds. The van der Waals surface area contributed by atoms with Gasteiger partial charge in [0.1, 0.15) is 6.61 Å². The first kappa shape index (κ1) is 7.74. The Morgan fingerprint density at radius 1 is 1.78 bits per heavy atom. The molecular formula is C4H8N2O3. The van der Waals surface area contributed by atoms with Gasteiger partial charge in [-0.1, -0.05) is 0 Å². The summed E-state index contributed by atoms with van der Waals surface area (Å²) in [5, 5.41) is 2.46. The maximum atomic E-state index is 9.91. The van der Waals surface area contributed by atoms with E-state index in [0.717, 1.165) is 0 Å². The lowest BCUT2D eigenvalue weighted by atomic mass is 10.7. The van der Waals surface area contributed by atoms with Gasteiger partial charge in [0, 0.05) is 0 Å². The van der Waals surface area contributed by atoms with Crippen LogP contribution >= 0.6 is 0 Å². The number of nitrogens with two attached hydrogens (primary N) is 1. The van der Waals surface area contributed by atoms with E-state index in [0.29, 0.717) is 13.2 Å². The molecular weight excluding hydrogens is 124 g/mol. The molecule has 0 aliphatic carbocycles. The molecule has 1 saturated heterocycles. The van der Waals surface area contributed by atoms with Crippen LogP contribution in [0.4, 0.5) is 4.79 Å². The number of carbonyl (C=O) groups is 2. The Morgan fingerprint density at radius 2 is 2.33 bits per heavy atom. The smallest absolute Gasteiger partial charge is 0.407 e. The van der Waals surface area contributed by atoms with Crippen molar-refractivity contribution in [1.82, 2.24) is 5.32 Å². The van der Waals surface area contributed by atoms with Gasteiger partial charge in [-0.2, -0.15) is 0 Å². The second-order valence-corrected chi connectivity index (χ2v) is 1.20. The van der Waals surface area contributed by atoms with Crippen molar-refractivity contribution in [2.24, 2.45) is 5.73 Å². The molecule has 3 N–H and O–H groups in total. The Kier molecular flexibility index (Phi) is 4.20. The number of rotatable bonds is 0. The number of nitrogens with one attached hydrogen (secondary N) is 1. The van der Waals surface area contributed by atoms with Crippen LogP contribution in [0.25, 0.3) is 0 Å². The van der Waals surface area contributed by atoms with E-state index < -0.39 is 0 Å². The summed E-state index contributed by atoms with van der Waals surface area (Å²) >= 11 is 0. The normalized spacial score (nSPS) is 14.4. The predicted octanol–water partition coefficient (Wildman–Crippen LogP) is -1.17. The average Bonchev–Trinajstić information content (AvgIpc) is 2.20. The number of amides is 2. The van der Waals surface area contributed by atoms with Crippen LogP contribution in [-0.2, 0) is 9.53 Å². The molecule has 0 radical (unpaired) electrons. The lowest BCUT2D eigenvalue weighted by Gasteiger charge is -1.80. The van der Waals surface area contributed by atoms with Crippen LogP contribution in [0.15, 0.2) is 0 Å². The van der Waals surface area contributed by atoms with Gasteiger partial charge in [-0.15, -0.1) is 0 Å². The average molecular weight is 132 g/mol. The maximum Gasteiger partial charge on any atom is 0.407 e. The van der Waals surface area contributed by atoms with Crippen molar-refractivity contribution >= 4 is 12.5 Å². The molecule has 0 aromatic carbocycles. The maximum absolute atomic E-state index is 9.91. The fraction of sp³-hybridized carbons (Fsp3) is 0.500. The summed E-state index contributed by atoms with van der Waals surface area (Å²) in [5.41, 5.74) is 4.17. The minimum Gasteiger partial charge on any atom is -0.448 e. The Labute approximate surface area is 52.2 Å². The van der Waals surface area contributed by atoms with Crippen molar-refractivity contribution in [3.8, 4) is 0 Å². The monoisotopic (exact) mass is 132 g/mol. The van der Waals surface area contributed by atoms with Crippen molar-refractivity contribution < 1.29 is 14.3 Å². The van der Waals surface area contributed by atoms with Gasteiger partial charge in [0.05, 0.1) is 6.54 Å². The fourth-order valence-electron chi connectivity index (χ4n) is 0.348. The lowest BCUT2D eigenvalue weighted by Crippen LogP contribution is -2.11. The van der Waals surface area contributed by atoms with Crippen LogP contribution < -0.4 is 11.1 Å². The minimum atomic E-state index is -0.296. The second kappa shape index (κ2) is 4.89. The summed E-state index contributed by atoms with van der Waals surface area (Å²) in [6.45, 7) is 1.19. The summed E-state index contributed by atoms with van der Waals surface area (Å²) in [4.78, 5) is 18.5. The second-order valence-electron chi connectivity index (χ2n) is 1.20. The molecule has 0 unspecified atom stereocenters. The van der Waals surface area contributed by atoms with E-state index in [-0.39, 0.29) is 12.5 Å². The fourth-order valence-corrected chi connectivity index (χ4v) is 0.348. The van der Waals surface area contributed by atoms with Gasteiger partial charge in [0.25, 0.3) is 0 Å². The third-order valence-electron chi connectivity index (χ3n) is 0.605. The van der Waals surface area contributed by atoms with E-state index >= 15 is 0 Å². The van der Waals surface area contributed by atoms with Crippen LogP contribution in [0.2, 0.25) is 0 Å². The van der Waals surface area contributed by atoms with Gasteiger partial charge < -0.3 is 15.8 Å². The zero-order valence-electron chi connectivity index (χ0n) is 4.79. The van der Waals surface area contributed by atoms with E-state index in [1.165, 1.54) is 0 Å². The van der Waals surface area contributed by atoms with Gasteiger partial charge in [-0.25, -0.2) is 4.79 Å². The standard InChI is InChI=1S/C3H5NO2.CH3NO/c5-3-4-1-2-6-3;2-1-3/h1-2H2,(H,4,5);1H,(H2,2,3). The SMILES string of the molecule is NC=O.O=C1NCCO1. The molecule has 0 aromatic heterocycles. The van der Waals surface area contributed by atoms with Crippen LogP contribution in [-0.4, -0.2) is 25.7 Å². The first-order valence-corrected chi connectivity index (χ1v) is 2.37. The van der Waals surface area contributed by atoms with E-state index in [1.807, 2.05) is 0 Å². The van der Waals surface area contributed by atoms with Crippen molar-refractivity contribution in [3.05, 3.63) is 0 Å². The van der Waals surface area contributed by atoms with E-state index in [9.17, 15) is 4.79 Å². The molecule has 9 heavy (non-hydrogen) atoms. The highest BCUT2D eigenvalue weighted by Gasteiger charge is 2.06. The number of hydrogen-bond donors (Lipinski definition) is 2. The van der Waals surface area contributed by atoms with Gasteiger partial charge in [-0.3, -0.25) is 4.79 Å². The molecule has 1 aliphatic heterocycles. The molecule has 1 rings (SSSR count). The zero-order chi connectivity index (χ0) is 7.11. The van der Waals surface area contributed by atoms with Crippen molar-refractivity contribution in [3.63, 3.8) is 0 Å². The summed E-state index contributed by atoms with van der Waals surface area (Å²) in [5.74, 6) is 0.